The summed E-state index contributed by atoms with van der Waals surface area (Å²) in [6.45, 7) is 9.21. The Balaban J connectivity index is 1.56. The van der Waals surface area contributed by atoms with Gasteiger partial charge in [0.15, 0.2) is 5.96 Å². The van der Waals surface area contributed by atoms with Gasteiger partial charge in [-0.25, -0.2) is 9.98 Å². The molecular weight excluding hydrogens is 366 g/mol. The molecule has 0 amide bonds. The Morgan fingerprint density at radius 2 is 2.14 bits per heavy atom. The number of methoxy groups -OCH3 is 1. The number of nitrogens with zero attached hydrogens (tertiary/aromatic N) is 3. The smallest absolute Gasteiger partial charge is 0.226 e. The van der Waals surface area contributed by atoms with Crippen LogP contribution in [0.25, 0.3) is 11.5 Å². The number of hydrogen-bond acceptors (Lipinski definition) is 5. The van der Waals surface area contributed by atoms with Crippen molar-refractivity contribution in [3.05, 3.63) is 41.8 Å². The van der Waals surface area contributed by atoms with Crippen molar-refractivity contribution >= 4 is 5.96 Å². The molecule has 3 rings (SSSR count). The van der Waals surface area contributed by atoms with Crippen LogP contribution in [0.4, 0.5) is 0 Å². The van der Waals surface area contributed by atoms with Gasteiger partial charge in [-0.05, 0) is 45.4 Å². The lowest BCUT2D eigenvalue weighted by Gasteiger charge is -2.25. The summed E-state index contributed by atoms with van der Waals surface area (Å²) in [7, 11) is 1.76. The van der Waals surface area contributed by atoms with Crippen LogP contribution >= 0.6 is 0 Å². The molecule has 158 valence electrons. The molecule has 1 atom stereocenters. The highest BCUT2D eigenvalue weighted by Gasteiger charge is 2.23. The van der Waals surface area contributed by atoms with Crippen LogP contribution in [0.5, 0.6) is 0 Å². The maximum atomic E-state index is 5.64. The topological polar surface area (TPSA) is 74.9 Å². The monoisotopic (exact) mass is 399 g/mol. The summed E-state index contributed by atoms with van der Waals surface area (Å²) in [4.78, 5) is 11.7. The van der Waals surface area contributed by atoms with E-state index in [1.165, 1.54) is 18.4 Å². The zero-order valence-corrected chi connectivity index (χ0v) is 17.8. The van der Waals surface area contributed by atoms with E-state index < -0.39 is 0 Å². The van der Waals surface area contributed by atoms with E-state index in [9.17, 15) is 0 Å². The van der Waals surface area contributed by atoms with Crippen LogP contribution in [-0.2, 0) is 11.3 Å². The zero-order chi connectivity index (χ0) is 20.5. The minimum absolute atomic E-state index is 0.475. The molecule has 1 aromatic carbocycles. The van der Waals surface area contributed by atoms with E-state index in [1.54, 1.807) is 13.4 Å². The van der Waals surface area contributed by atoms with Crippen molar-refractivity contribution < 1.29 is 9.15 Å². The van der Waals surface area contributed by atoms with Crippen molar-refractivity contribution in [3.8, 4) is 11.5 Å². The summed E-state index contributed by atoms with van der Waals surface area (Å²) in [5.41, 5.74) is 3.02. The van der Waals surface area contributed by atoms with Gasteiger partial charge < -0.3 is 19.8 Å². The van der Waals surface area contributed by atoms with Gasteiger partial charge in [0.1, 0.15) is 12.0 Å². The lowest BCUT2D eigenvalue weighted by atomic mass is 10.1. The molecule has 0 aliphatic carbocycles. The fourth-order valence-corrected chi connectivity index (χ4v) is 3.55. The Morgan fingerprint density at radius 3 is 2.90 bits per heavy atom. The first-order valence-electron chi connectivity index (χ1n) is 10.5. The largest absolute Gasteiger partial charge is 0.444 e. The number of aryl methyl sites for hydroxylation is 1. The van der Waals surface area contributed by atoms with Crippen molar-refractivity contribution in [2.45, 2.75) is 39.3 Å². The molecule has 1 aliphatic heterocycles. The molecule has 2 aromatic rings. The number of hydrogen-bond donors (Lipinski definition) is 2. The van der Waals surface area contributed by atoms with Gasteiger partial charge in [-0.15, -0.1) is 0 Å². The minimum atomic E-state index is 0.475. The predicted molar refractivity (Wildman–Crippen MR) is 116 cm³/mol. The summed E-state index contributed by atoms with van der Waals surface area (Å²) >= 11 is 0. The first-order chi connectivity index (χ1) is 14.2. The molecule has 0 bridgehead atoms. The highest BCUT2D eigenvalue weighted by atomic mass is 16.5. The molecule has 2 N–H and O–H groups in total. The number of aromatic nitrogens is 1. The zero-order valence-electron chi connectivity index (χ0n) is 17.8. The number of aliphatic imine (C=N–C) groups is 1. The molecule has 0 spiro atoms. The number of nitrogens with one attached hydrogen (secondary N) is 2. The van der Waals surface area contributed by atoms with E-state index in [2.05, 4.69) is 51.5 Å². The lowest BCUT2D eigenvalue weighted by Crippen LogP contribution is -2.45. The summed E-state index contributed by atoms with van der Waals surface area (Å²) in [5, 5.41) is 6.80. The van der Waals surface area contributed by atoms with Gasteiger partial charge in [0, 0.05) is 38.3 Å². The highest BCUT2D eigenvalue weighted by molar-refractivity contribution is 5.79. The third kappa shape index (κ3) is 6.30. The Hall–Kier alpha value is -2.38. The van der Waals surface area contributed by atoms with E-state index in [-0.39, 0.29) is 0 Å². The molecule has 1 aromatic heterocycles. The Bertz CT molecular complexity index is 772. The van der Waals surface area contributed by atoms with Crippen LogP contribution in [-0.4, -0.2) is 61.8 Å². The number of guanidine groups is 1. The second kappa shape index (κ2) is 11.0. The second-order valence-corrected chi connectivity index (χ2v) is 7.41. The van der Waals surface area contributed by atoms with Crippen LogP contribution in [0.15, 0.2) is 39.9 Å². The van der Waals surface area contributed by atoms with E-state index in [1.807, 2.05) is 12.1 Å². The molecule has 1 unspecified atom stereocenters. The first-order valence-corrected chi connectivity index (χ1v) is 10.5. The normalized spacial score (nSPS) is 17.6. The van der Waals surface area contributed by atoms with Crippen molar-refractivity contribution in [3.63, 3.8) is 0 Å². The van der Waals surface area contributed by atoms with Gasteiger partial charge in [-0.2, -0.15) is 0 Å². The Morgan fingerprint density at radius 1 is 1.31 bits per heavy atom. The summed E-state index contributed by atoms with van der Waals surface area (Å²) < 4.78 is 10.9. The average Bonchev–Trinajstić information content (AvgIpc) is 3.38. The lowest BCUT2D eigenvalue weighted by molar-refractivity contribution is 0.141. The number of oxazole rings is 1. The average molecular weight is 400 g/mol. The van der Waals surface area contributed by atoms with Gasteiger partial charge in [0.2, 0.25) is 5.89 Å². The molecule has 0 radical (unpaired) electrons. The van der Waals surface area contributed by atoms with E-state index in [0.717, 1.165) is 50.0 Å². The molecular formula is C22H33N5O2. The maximum Gasteiger partial charge on any atom is 0.226 e. The van der Waals surface area contributed by atoms with Crippen LogP contribution in [0.3, 0.4) is 0 Å². The Kier molecular flexibility index (Phi) is 8.07. The quantitative estimate of drug-likeness (QED) is 0.499. The first kappa shape index (κ1) is 21.3. The van der Waals surface area contributed by atoms with Crippen molar-refractivity contribution in [1.29, 1.82) is 0 Å². The van der Waals surface area contributed by atoms with E-state index in [4.69, 9.17) is 9.15 Å². The number of benzene rings is 1. The molecule has 1 aliphatic rings. The molecule has 1 saturated heterocycles. The number of likely N-dealkylation sites (tertiary alicyclic amines) is 1. The van der Waals surface area contributed by atoms with Gasteiger partial charge in [-0.3, -0.25) is 4.90 Å². The van der Waals surface area contributed by atoms with E-state index in [0.29, 0.717) is 18.5 Å². The summed E-state index contributed by atoms with van der Waals surface area (Å²) in [6.07, 6.45) is 4.13. The third-order valence-corrected chi connectivity index (χ3v) is 5.18. The molecule has 7 nitrogen and oxygen atoms in total. The summed E-state index contributed by atoms with van der Waals surface area (Å²) in [5.74, 6) is 1.44. The highest BCUT2D eigenvalue weighted by Crippen LogP contribution is 2.19. The van der Waals surface area contributed by atoms with Crippen molar-refractivity contribution in [2.75, 3.05) is 39.9 Å². The minimum Gasteiger partial charge on any atom is -0.444 e. The fourth-order valence-electron chi connectivity index (χ4n) is 3.55. The SMILES string of the molecule is CCNC(=NCc1coc(-c2ccc(C)cc2)n1)NCC1CCCN1CCOC. The van der Waals surface area contributed by atoms with Crippen molar-refractivity contribution in [2.24, 2.45) is 4.99 Å². The van der Waals surface area contributed by atoms with Crippen LogP contribution in [0, 0.1) is 6.92 Å². The van der Waals surface area contributed by atoms with Crippen LogP contribution in [0.1, 0.15) is 31.0 Å². The fraction of sp³-hybridized carbons (Fsp3) is 0.545. The van der Waals surface area contributed by atoms with Gasteiger partial charge in [-0.1, -0.05) is 17.7 Å². The van der Waals surface area contributed by atoms with Gasteiger partial charge in [0.05, 0.1) is 13.2 Å². The van der Waals surface area contributed by atoms with Crippen LogP contribution in [0.2, 0.25) is 0 Å². The standard InChI is InChI=1S/C22H33N5O2/c1-4-23-22(25-15-20-6-5-11-27(20)12-13-28-3)24-14-19-16-29-21(26-19)18-9-7-17(2)8-10-18/h7-10,16,20H,4-6,11-15H2,1-3H3,(H2,23,24,25). The molecule has 29 heavy (non-hydrogen) atoms. The van der Waals surface area contributed by atoms with Gasteiger partial charge >= 0.3 is 0 Å². The predicted octanol–water partition coefficient (Wildman–Crippen LogP) is 2.82. The Labute approximate surface area is 173 Å². The number of rotatable bonds is 9. The van der Waals surface area contributed by atoms with Crippen molar-refractivity contribution in [1.82, 2.24) is 20.5 Å². The van der Waals surface area contributed by atoms with E-state index >= 15 is 0 Å². The molecule has 2 heterocycles. The third-order valence-electron chi connectivity index (χ3n) is 5.18. The number of ether oxygens (including phenoxy) is 1. The molecule has 0 saturated carbocycles. The maximum absolute atomic E-state index is 5.64. The summed E-state index contributed by atoms with van der Waals surface area (Å²) in [6, 6.07) is 8.69. The van der Waals surface area contributed by atoms with Gasteiger partial charge in [0.25, 0.3) is 0 Å². The second-order valence-electron chi connectivity index (χ2n) is 7.41. The molecule has 7 heteroatoms. The van der Waals surface area contributed by atoms with Crippen LogP contribution < -0.4 is 10.6 Å². The molecule has 1 fully saturated rings.